The SMILES string of the molecule is O=C(NC1CC1)OCCCC1=NC(C2(C3=CCC(Cl)CC3)CC2)NN=C1C1CC=CC=C1Cl. The Morgan fingerprint density at radius 1 is 1.27 bits per heavy atom. The van der Waals surface area contributed by atoms with E-state index in [-0.39, 0.29) is 29.0 Å². The molecule has 33 heavy (non-hydrogen) atoms. The molecule has 0 aromatic rings. The molecule has 1 amide bonds. The van der Waals surface area contributed by atoms with Crippen LogP contribution < -0.4 is 10.7 Å². The first-order chi connectivity index (χ1) is 16.0. The van der Waals surface area contributed by atoms with Crippen molar-refractivity contribution in [3.05, 3.63) is 34.9 Å². The topological polar surface area (TPSA) is 75.1 Å². The second-order valence-electron chi connectivity index (χ2n) is 9.79. The molecule has 2 N–H and O–H groups in total. The number of nitrogens with zero attached hydrogens (tertiary/aromatic N) is 2. The zero-order chi connectivity index (χ0) is 22.8. The number of carbonyl (C=O) groups excluding carboxylic acids is 1. The standard InChI is InChI=1S/C25H32Cl2N4O2/c26-17-9-7-16(8-10-17)25(13-14-25)23-29-21(6-3-15-33-24(32)28-18-11-12-18)22(30-31-23)19-4-1-2-5-20(19)27/h1-2,5,7,17-19,23,31H,3-4,6,8-15H2,(H,28,32). The molecule has 0 aromatic carbocycles. The lowest BCUT2D eigenvalue weighted by Crippen LogP contribution is -2.43. The molecule has 3 unspecified atom stereocenters. The van der Waals surface area contributed by atoms with Crippen molar-refractivity contribution < 1.29 is 9.53 Å². The highest BCUT2D eigenvalue weighted by atomic mass is 35.5. The van der Waals surface area contributed by atoms with E-state index in [1.54, 1.807) is 0 Å². The predicted octanol–water partition coefficient (Wildman–Crippen LogP) is 5.58. The third-order valence-corrected chi connectivity index (χ3v) is 8.09. The van der Waals surface area contributed by atoms with Gasteiger partial charge in [0.15, 0.2) is 0 Å². The van der Waals surface area contributed by atoms with Crippen LogP contribution in [-0.4, -0.2) is 41.7 Å². The maximum absolute atomic E-state index is 11.8. The van der Waals surface area contributed by atoms with Crippen LogP contribution in [0.1, 0.15) is 64.2 Å². The molecule has 1 aliphatic heterocycles. The number of halogens is 2. The number of ether oxygens (including phenoxy) is 1. The van der Waals surface area contributed by atoms with Crippen molar-refractivity contribution in [3.63, 3.8) is 0 Å². The van der Waals surface area contributed by atoms with E-state index in [2.05, 4.69) is 22.9 Å². The highest BCUT2D eigenvalue weighted by Gasteiger charge is 2.53. The number of rotatable bonds is 8. The maximum atomic E-state index is 11.8. The molecule has 5 aliphatic rings. The van der Waals surface area contributed by atoms with E-state index in [1.807, 2.05) is 12.2 Å². The number of hydrogen-bond acceptors (Lipinski definition) is 5. The van der Waals surface area contributed by atoms with Crippen LogP contribution in [0.25, 0.3) is 0 Å². The molecule has 8 heteroatoms. The lowest BCUT2D eigenvalue weighted by molar-refractivity contribution is 0.145. The van der Waals surface area contributed by atoms with Gasteiger partial charge in [-0.1, -0.05) is 35.4 Å². The number of alkyl halides is 1. The van der Waals surface area contributed by atoms with Gasteiger partial charge in [0.05, 0.1) is 18.0 Å². The fourth-order valence-electron chi connectivity index (χ4n) is 5.01. The van der Waals surface area contributed by atoms with Gasteiger partial charge in [-0.2, -0.15) is 5.10 Å². The van der Waals surface area contributed by atoms with E-state index in [1.165, 1.54) is 5.57 Å². The summed E-state index contributed by atoms with van der Waals surface area (Å²) >= 11 is 12.9. The summed E-state index contributed by atoms with van der Waals surface area (Å²) in [5.74, 6) is 0.0176. The molecule has 0 bridgehead atoms. The van der Waals surface area contributed by atoms with Crippen LogP contribution >= 0.6 is 23.2 Å². The van der Waals surface area contributed by atoms with Gasteiger partial charge in [-0.05, 0) is 70.3 Å². The quantitative estimate of drug-likeness (QED) is 0.265. The molecule has 0 spiro atoms. The summed E-state index contributed by atoms with van der Waals surface area (Å²) in [7, 11) is 0. The Morgan fingerprint density at radius 3 is 2.82 bits per heavy atom. The second kappa shape index (κ2) is 9.83. The van der Waals surface area contributed by atoms with Gasteiger partial charge in [0.1, 0.15) is 6.17 Å². The first-order valence-corrected chi connectivity index (χ1v) is 13.1. The number of nitrogens with one attached hydrogen (secondary N) is 2. The average molecular weight is 491 g/mol. The average Bonchev–Trinajstić information content (AvgIpc) is 3.74. The lowest BCUT2D eigenvalue weighted by atomic mass is 9.83. The number of amides is 1. The largest absolute Gasteiger partial charge is 0.450 e. The number of carbonyl (C=O) groups is 1. The van der Waals surface area contributed by atoms with Crippen LogP contribution in [-0.2, 0) is 4.74 Å². The van der Waals surface area contributed by atoms with Crippen LogP contribution in [0.4, 0.5) is 4.79 Å². The monoisotopic (exact) mass is 490 g/mol. The van der Waals surface area contributed by atoms with Crippen LogP contribution in [0.3, 0.4) is 0 Å². The highest BCUT2D eigenvalue weighted by Crippen LogP contribution is 2.57. The van der Waals surface area contributed by atoms with Gasteiger partial charge in [-0.25, -0.2) is 4.79 Å². The van der Waals surface area contributed by atoms with E-state index in [0.29, 0.717) is 25.5 Å². The molecule has 4 aliphatic carbocycles. The number of hydrazone groups is 1. The minimum atomic E-state index is -0.321. The Labute approximate surface area is 205 Å². The fraction of sp³-hybridized carbons (Fsp3) is 0.640. The molecule has 2 fully saturated rings. The number of aliphatic imine (C=N–C) groups is 1. The van der Waals surface area contributed by atoms with E-state index >= 15 is 0 Å². The molecule has 3 atom stereocenters. The molecule has 0 radical (unpaired) electrons. The molecule has 1 heterocycles. The summed E-state index contributed by atoms with van der Waals surface area (Å²) in [6.45, 7) is 0.366. The van der Waals surface area contributed by atoms with Gasteiger partial charge < -0.3 is 10.1 Å². The summed E-state index contributed by atoms with van der Waals surface area (Å²) in [4.78, 5) is 17.1. The van der Waals surface area contributed by atoms with Crippen molar-refractivity contribution in [2.45, 2.75) is 81.8 Å². The lowest BCUT2D eigenvalue weighted by Gasteiger charge is -2.33. The van der Waals surface area contributed by atoms with Gasteiger partial charge in [0.25, 0.3) is 0 Å². The van der Waals surface area contributed by atoms with Crippen LogP contribution in [0.5, 0.6) is 0 Å². The van der Waals surface area contributed by atoms with E-state index < -0.39 is 0 Å². The first-order valence-electron chi connectivity index (χ1n) is 12.2. The predicted molar refractivity (Wildman–Crippen MR) is 133 cm³/mol. The third-order valence-electron chi connectivity index (χ3n) is 7.30. The molecule has 2 saturated carbocycles. The van der Waals surface area contributed by atoms with Crippen molar-refractivity contribution in [1.29, 1.82) is 0 Å². The van der Waals surface area contributed by atoms with Crippen molar-refractivity contribution in [1.82, 2.24) is 10.7 Å². The van der Waals surface area contributed by atoms with Crippen molar-refractivity contribution >= 4 is 40.7 Å². The van der Waals surface area contributed by atoms with Crippen LogP contribution in [0, 0.1) is 11.3 Å². The van der Waals surface area contributed by atoms with Crippen molar-refractivity contribution in [3.8, 4) is 0 Å². The maximum Gasteiger partial charge on any atom is 0.407 e. The number of allylic oxidation sites excluding steroid dienone is 5. The summed E-state index contributed by atoms with van der Waals surface area (Å²) in [5, 5.41) is 8.74. The summed E-state index contributed by atoms with van der Waals surface area (Å²) < 4.78 is 5.37. The van der Waals surface area contributed by atoms with Crippen LogP contribution in [0.15, 0.2) is 45.0 Å². The van der Waals surface area contributed by atoms with Crippen molar-refractivity contribution in [2.24, 2.45) is 21.4 Å². The van der Waals surface area contributed by atoms with Gasteiger partial charge >= 0.3 is 6.09 Å². The Hall–Kier alpha value is -1.79. The zero-order valence-electron chi connectivity index (χ0n) is 18.9. The fourth-order valence-corrected chi connectivity index (χ4v) is 5.47. The molecule has 0 aromatic heterocycles. The van der Waals surface area contributed by atoms with E-state index in [0.717, 1.165) is 67.8 Å². The van der Waals surface area contributed by atoms with Crippen molar-refractivity contribution in [2.75, 3.05) is 6.61 Å². The van der Waals surface area contributed by atoms with Gasteiger partial charge in [-0.3, -0.25) is 10.4 Å². The van der Waals surface area contributed by atoms with E-state index in [9.17, 15) is 4.79 Å². The highest BCUT2D eigenvalue weighted by molar-refractivity contribution is 6.46. The summed E-state index contributed by atoms with van der Waals surface area (Å²) in [5.41, 5.74) is 6.82. The Balaban J connectivity index is 1.28. The van der Waals surface area contributed by atoms with E-state index in [4.69, 9.17) is 38.0 Å². The Kier molecular flexibility index (Phi) is 6.84. The minimum absolute atomic E-state index is 0.0176. The number of alkyl carbamates (subject to hydrolysis) is 1. The van der Waals surface area contributed by atoms with Gasteiger partial charge in [0.2, 0.25) is 0 Å². The van der Waals surface area contributed by atoms with Crippen LogP contribution in [0.2, 0.25) is 0 Å². The molecular formula is C25H32Cl2N4O2. The smallest absolute Gasteiger partial charge is 0.407 e. The second-order valence-corrected chi connectivity index (χ2v) is 10.8. The third kappa shape index (κ3) is 5.32. The summed E-state index contributed by atoms with van der Waals surface area (Å²) in [6, 6.07) is 0.303. The van der Waals surface area contributed by atoms with Gasteiger partial charge in [-0.15, -0.1) is 11.6 Å². The normalized spacial score (nSPS) is 30.3. The summed E-state index contributed by atoms with van der Waals surface area (Å²) in [6.07, 6.45) is 17.6. The number of hydrogen-bond donors (Lipinski definition) is 2. The molecule has 178 valence electrons. The first kappa shape index (κ1) is 23.0. The Morgan fingerprint density at radius 2 is 2.12 bits per heavy atom. The van der Waals surface area contributed by atoms with Gasteiger partial charge in [0, 0.05) is 27.8 Å². The molecule has 6 nitrogen and oxygen atoms in total. The molecule has 0 saturated heterocycles. The molecular weight excluding hydrogens is 459 g/mol. The zero-order valence-corrected chi connectivity index (χ0v) is 20.4. The Bertz CT molecular complexity index is 931. The molecule has 5 rings (SSSR count). The minimum Gasteiger partial charge on any atom is -0.450 e.